The zero-order valence-electron chi connectivity index (χ0n) is 9.48. The van der Waals surface area contributed by atoms with E-state index in [0.29, 0.717) is 6.54 Å². The lowest BCUT2D eigenvalue weighted by Crippen LogP contribution is -2.00. The number of aromatic nitrogens is 1. The van der Waals surface area contributed by atoms with Gasteiger partial charge in [0, 0.05) is 30.7 Å². The van der Waals surface area contributed by atoms with Crippen LogP contribution in [0.5, 0.6) is 5.75 Å². The van der Waals surface area contributed by atoms with Crippen molar-refractivity contribution >= 4 is 5.69 Å². The van der Waals surface area contributed by atoms with E-state index in [0.717, 1.165) is 11.3 Å². The van der Waals surface area contributed by atoms with Gasteiger partial charge in [-0.15, -0.1) is 0 Å². The van der Waals surface area contributed by atoms with Gasteiger partial charge in [0.15, 0.2) is 11.6 Å². The Morgan fingerprint density at radius 2 is 2.00 bits per heavy atom. The molecule has 0 saturated heterocycles. The first-order valence-electron chi connectivity index (χ1n) is 5.26. The highest BCUT2D eigenvalue weighted by molar-refractivity contribution is 5.47. The maximum atomic E-state index is 13.4. The Kier molecular flexibility index (Phi) is 3.55. The summed E-state index contributed by atoms with van der Waals surface area (Å²) < 4.78 is 18.3. The molecule has 1 aromatic carbocycles. The van der Waals surface area contributed by atoms with Crippen LogP contribution in [0.2, 0.25) is 0 Å². The van der Waals surface area contributed by atoms with Gasteiger partial charge in [0.25, 0.3) is 0 Å². The summed E-state index contributed by atoms with van der Waals surface area (Å²) in [6.07, 6.45) is 3.46. The van der Waals surface area contributed by atoms with Crippen LogP contribution in [0.1, 0.15) is 5.56 Å². The number of methoxy groups -OCH3 is 1. The summed E-state index contributed by atoms with van der Waals surface area (Å²) in [5.74, 6) is -0.119. The predicted molar refractivity (Wildman–Crippen MR) is 64.5 cm³/mol. The number of nitrogens with zero attached hydrogens (tertiary/aromatic N) is 1. The van der Waals surface area contributed by atoms with Crippen LogP contribution in [-0.4, -0.2) is 12.1 Å². The molecule has 2 aromatic rings. The van der Waals surface area contributed by atoms with Gasteiger partial charge in [-0.05, 0) is 29.8 Å². The summed E-state index contributed by atoms with van der Waals surface area (Å²) in [7, 11) is 1.45. The van der Waals surface area contributed by atoms with Gasteiger partial charge < -0.3 is 10.1 Å². The van der Waals surface area contributed by atoms with Crippen molar-refractivity contribution in [3.05, 3.63) is 54.1 Å². The molecule has 3 nitrogen and oxygen atoms in total. The molecule has 1 aromatic heterocycles. The number of ether oxygens (including phenoxy) is 1. The van der Waals surface area contributed by atoms with E-state index in [1.165, 1.54) is 13.2 Å². The molecule has 0 bridgehead atoms. The van der Waals surface area contributed by atoms with E-state index in [9.17, 15) is 4.39 Å². The highest BCUT2D eigenvalue weighted by Crippen LogP contribution is 2.20. The van der Waals surface area contributed by atoms with Gasteiger partial charge in [-0.1, -0.05) is 0 Å². The molecule has 2 rings (SSSR count). The Labute approximate surface area is 99.3 Å². The number of halogens is 1. The first kappa shape index (κ1) is 11.4. The second kappa shape index (κ2) is 5.30. The SMILES string of the molecule is COc1ccc(NCc2ccncc2)cc1F. The summed E-state index contributed by atoms with van der Waals surface area (Å²) in [5, 5.41) is 3.13. The third-order valence-electron chi connectivity index (χ3n) is 2.40. The van der Waals surface area contributed by atoms with E-state index in [2.05, 4.69) is 10.3 Å². The number of anilines is 1. The van der Waals surface area contributed by atoms with Crippen LogP contribution in [0, 0.1) is 5.82 Å². The molecule has 0 unspecified atom stereocenters. The molecule has 0 amide bonds. The van der Waals surface area contributed by atoms with Crippen LogP contribution in [-0.2, 0) is 6.54 Å². The summed E-state index contributed by atoms with van der Waals surface area (Å²) >= 11 is 0. The molecule has 88 valence electrons. The van der Waals surface area contributed by atoms with Gasteiger partial charge in [0.05, 0.1) is 7.11 Å². The minimum atomic E-state index is -0.368. The first-order chi connectivity index (χ1) is 8.29. The normalized spacial score (nSPS) is 10.0. The molecular weight excluding hydrogens is 219 g/mol. The molecule has 1 heterocycles. The molecule has 0 aliphatic rings. The first-order valence-corrected chi connectivity index (χ1v) is 5.26. The molecule has 0 fully saturated rings. The molecule has 0 aliphatic heterocycles. The summed E-state index contributed by atoms with van der Waals surface area (Å²) in [4.78, 5) is 3.93. The zero-order valence-corrected chi connectivity index (χ0v) is 9.48. The van der Waals surface area contributed by atoms with Crippen molar-refractivity contribution < 1.29 is 9.13 Å². The Morgan fingerprint density at radius 3 is 2.65 bits per heavy atom. The van der Waals surface area contributed by atoms with Crippen molar-refractivity contribution in [3.8, 4) is 5.75 Å². The number of hydrogen-bond donors (Lipinski definition) is 1. The average molecular weight is 232 g/mol. The lowest BCUT2D eigenvalue weighted by Gasteiger charge is -2.08. The van der Waals surface area contributed by atoms with Crippen LogP contribution in [0.3, 0.4) is 0 Å². The van der Waals surface area contributed by atoms with Crippen LogP contribution in [0.4, 0.5) is 10.1 Å². The van der Waals surface area contributed by atoms with E-state index >= 15 is 0 Å². The summed E-state index contributed by atoms with van der Waals surface area (Å²) in [6.45, 7) is 0.633. The fourth-order valence-electron chi connectivity index (χ4n) is 1.48. The molecule has 0 radical (unpaired) electrons. The van der Waals surface area contributed by atoms with E-state index in [1.807, 2.05) is 12.1 Å². The van der Waals surface area contributed by atoms with Crippen molar-refractivity contribution in [1.82, 2.24) is 4.98 Å². The maximum Gasteiger partial charge on any atom is 0.167 e. The van der Waals surface area contributed by atoms with Crippen LogP contribution in [0.15, 0.2) is 42.7 Å². The lowest BCUT2D eigenvalue weighted by atomic mass is 10.2. The van der Waals surface area contributed by atoms with Crippen LogP contribution < -0.4 is 10.1 Å². The maximum absolute atomic E-state index is 13.4. The van der Waals surface area contributed by atoms with Gasteiger partial charge in [-0.3, -0.25) is 4.98 Å². The number of pyridine rings is 1. The molecule has 0 saturated carbocycles. The second-order valence-electron chi connectivity index (χ2n) is 3.56. The molecule has 0 spiro atoms. The molecular formula is C13H13FN2O. The molecule has 0 aliphatic carbocycles. The van der Waals surface area contributed by atoms with E-state index < -0.39 is 0 Å². The van der Waals surface area contributed by atoms with Crippen molar-refractivity contribution in [2.45, 2.75) is 6.54 Å². The van der Waals surface area contributed by atoms with E-state index in [4.69, 9.17) is 4.74 Å². The fourth-order valence-corrected chi connectivity index (χ4v) is 1.48. The van der Waals surface area contributed by atoms with Crippen molar-refractivity contribution in [2.75, 3.05) is 12.4 Å². The minimum Gasteiger partial charge on any atom is -0.494 e. The number of rotatable bonds is 4. The van der Waals surface area contributed by atoms with Crippen LogP contribution in [0.25, 0.3) is 0 Å². The highest BCUT2D eigenvalue weighted by Gasteiger charge is 2.02. The predicted octanol–water partition coefficient (Wildman–Crippen LogP) is 2.84. The molecule has 0 atom stereocenters. The lowest BCUT2D eigenvalue weighted by molar-refractivity contribution is 0.386. The Morgan fingerprint density at radius 1 is 1.24 bits per heavy atom. The molecule has 17 heavy (non-hydrogen) atoms. The largest absolute Gasteiger partial charge is 0.494 e. The second-order valence-corrected chi connectivity index (χ2v) is 3.56. The van der Waals surface area contributed by atoms with Gasteiger partial charge in [-0.2, -0.15) is 0 Å². The van der Waals surface area contributed by atoms with Gasteiger partial charge in [0.1, 0.15) is 0 Å². The monoisotopic (exact) mass is 232 g/mol. The topological polar surface area (TPSA) is 34.1 Å². The summed E-state index contributed by atoms with van der Waals surface area (Å²) in [5.41, 5.74) is 1.82. The van der Waals surface area contributed by atoms with Crippen molar-refractivity contribution in [3.63, 3.8) is 0 Å². The third kappa shape index (κ3) is 2.93. The fraction of sp³-hybridized carbons (Fsp3) is 0.154. The summed E-state index contributed by atoms with van der Waals surface area (Å²) in [6, 6.07) is 8.62. The molecule has 1 N–H and O–H groups in total. The van der Waals surface area contributed by atoms with Gasteiger partial charge >= 0.3 is 0 Å². The quantitative estimate of drug-likeness (QED) is 0.880. The standard InChI is InChI=1S/C13H13FN2O/c1-17-13-3-2-11(8-12(13)14)16-9-10-4-6-15-7-5-10/h2-8,16H,9H2,1H3. The minimum absolute atomic E-state index is 0.250. The third-order valence-corrected chi connectivity index (χ3v) is 2.40. The Bertz CT molecular complexity index is 488. The number of nitrogens with one attached hydrogen (secondary N) is 1. The van der Waals surface area contributed by atoms with E-state index in [1.54, 1.807) is 24.5 Å². The van der Waals surface area contributed by atoms with Crippen molar-refractivity contribution in [1.29, 1.82) is 0 Å². The smallest absolute Gasteiger partial charge is 0.167 e. The highest BCUT2D eigenvalue weighted by atomic mass is 19.1. The average Bonchev–Trinajstić information content (AvgIpc) is 2.38. The Balaban J connectivity index is 2.02. The van der Waals surface area contributed by atoms with E-state index in [-0.39, 0.29) is 11.6 Å². The number of benzene rings is 1. The van der Waals surface area contributed by atoms with Gasteiger partial charge in [0.2, 0.25) is 0 Å². The van der Waals surface area contributed by atoms with Crippen molar-refractivity contribution in [2.24, 2.45) is 0 Å². The zero-order chi connectivity index (χ0) is 12.1. The number of hydrogen-bond acceptors (Lipinski definition) is 3. The molecule has 4 heteroatoms. The van der Waals surface area contributed by atoms with Crippen LogP contribution >= 0.6 is 0 Å². The van der Waals surface area contributed by atoms with Gasteiger partial charge in [-0.25, -0.2) is 4.39 Å². The Hall–Kier alpha value is -2.10.